The van der Waals surface area contributed by atoms with Gasteiger partial charge in [-0.05, 0) is 41.1 Å². The fraction of sp³-hybridized carbons (Fsp3) is 0.208. The van der Waals surface area contributed by atoms with Crippen molar-refractivity contribution in [3.05, 3.63) is 77.5 Å². The summed E-state index contributed by atoms with van der Waals surface area (Å²) < 4.78 is 0. The maximum atomic E-state index is 12.6. The van der Waals surface area contributed by atoms with E-state index in [1.807, 2.05) is 36.2 Å². The topological polar surface area (TPSA) is 65.5 Å². The first-order valence-corrected chi connectivity index (χ1v) is 9.87. The third-order valence-electron chi connectivity index (χ3n) is 5.18. The Morgan fingerprint density at radius 2 is 1.97 bits per heavy atom. The number of nitrogens with one attached hydrogen (secondary N) is 1. The summed E-state index contributed by atoms with van der Waals surface area (Å²) in [6.07, 6.45) is 4.99. The van der Waals surface area contributed by atoms with E-state index in [1.54, 1.807) is 30.3 Å². The quantitative estimate of drug-likeness (QED) is 0.633. The number of nitrogens with zero attached hydrogens (tertiary/aromatic N) is 3. The van der Waals surface area contributed by atoms with Crippen LogP contribution < -0.4 is 5.32 Å². The van der Waals surface area contributed by atoms with E-state index in [-0.39, 0.29) is 24.2 Å². The molecule has 160 valence electrons. The summed E-state index contributed by atoms with van der Waals surface area (Å²) in [5, 5.41) is 5.14. The maximum absolute atomic E-state index is 12.6. The zero-order valence-corrected chi connectivity index (χ0v) is 18.4. The number of fused-ring (bicyclic) bond motifs is 2. The van der Waals surface area contributed by atoms with Crippen LogP contribution in [0.25, 0.3) is 16.8 Å². The molecule has 2 aromatic carbocycles. The monoisotopic (exact) mass is 436 g/mol. The molecule has 0 fully saturated rings. The minimum absolute atomic E-state index is 0. The predicted molar refractivity (Wildman–Crippen MR) is 126 cm³/mol. The van der Waals surface area contributed by atoms with E-state index in [0.29, 0.717) is 25.5 Å². The van der Waals surface area contributed by atoms with Crippen LogP contribution in [0, 0.1) is 0 Å². The molecule has 0 aliphatic carbocycles. The number of likely N-dealkylation sites (N-methyl/N-ethyl adjacent to an activating group) is 2. The van der Waals surface area contributed by atoms with Crippen molar-refractivity contribution in [1.29, 1.82) is 0 Å². The molecule has 2 heterocycles. The number of halogens is 1. The van der Waals surface area contributed by atoms with Crippen molar-refractivity contribution in [2.75, 3.05) is 26.0 Å². The minimum Gasteiger partial charge on any atom is -0.338 e. The van der Waals surface area contributed by atoms with Crippen LogP contribution in [0.5, 0.6) is 0 Å². The van der Waals surface area contributed by atoms with Crippen LogP contribution in [-0.4, -0.2) is 47.2 Å². The molecule has 0 spiro atoms. The van der Waals surface area contributed by atoms with Gasteiger partial charge < -0.3 is 10.2 Å². The highest BCUT2D eigenvalue weighted by atomic mass is 35.5. The lowest BCUT2D eigenvalue weighted by Crippen LogP contribution is -2.26. The molecule has 0 saturated heterocycles. The van der Waals surface area contributed by atoms with Gasteiger partial charge in [-0.25, -0.2) is 4.98 Å². The molecule has 7 heteroatoms. The molecule has 3 aromatic rings. The van der Waals surface area contributed by atoms with Crippen LogP contribution in [-0.2, 0) is 22.7 Å². The second-order valence-electron chi connectivity index (χ2n) is 7.66. The summed E-state index contributed by atoms with van der Waals surface area (Å²) in [5.41, 5.74) is 2.87. The maximum Gasteiger partial charge on any atom is 0.246 e. The number of anilines is 1. The van der Waals surface area contributed by atoms with E-state index in [9.17, 15) is 9.59 Å². The second-order valence-corrected chi connectivity index (χ2v) is 7.66. The molecule has 1 aliphatic heterocycles. The third-order valence-corrected chi connectivity index (χ3v) is 5.18. The van der Waals surface area contributed by atoms with Gasteiger partial charge in [0.15, 0.2) is 0 Å². The fourth-order valence-corrected chi connectivity index (χ4v) is 3.68. The average molecular weight is 437 g/mol. The Hall–Kier alpha value is -3.22. The SMILES string of the molecule is CN1CC(=O)Nc2ncc(/C=C/C(=O)N(C)Cc3cccc4ccccc34)cc2C1.Cl. The highest BCUT2D eigenvalue weighted by Crippen LogP contribution is 2.21. The number of carbonyl (C=O) groups is 2. The number of hydrogen-bond donors (Lipinski definition) is 1. The van der Waals surface area contributed by atoms with Gasteiger partial charge in [0.25, 0.3) is 0 Å². The van der Waals surface area contributed by atoms with E-state index < -0.39 is 0 Å². The van der Waals surface area contributed by atoms with Gasteiger partial charge in [0.2, 0.25) is 11.8 Å². The molecule has 2 amide bonds. The van der Waals surface area contributed by atoms with E-state index >= 15 is 0 Å². The molecule has 4 rings (SSSR count). The van der Waals surface area contributed by atoms with E-state index in [2.05, 4.69) is 34.6 Å². The van der Waals surface area contributed by atoms with Crippen molar-refractivity contribution in [1.82, 2.24) is 14.8 Å². The molecular formula is C24H25ClN4O2. The molecule has 0 bridgehead atoms. The highest BCUT2D eigenvalue weighted by molar-refractivity contribution is 5.94. The number of amides is 2. The van der Waals surface area contributed by atoms with Crippen LogP contribution in [0.3, 0.4) is 0 Å². The summed E-state index contributed by atoms with van der Waals surface area (Å²) in [5.74, 6) is 0.432. The molecule has 0 unspecified atom stereocenters. The summed E-state index contributed by atoms with van der Waals surface area (Å²) in [6.45, 7) is 1.49. The van der Waals surface area contributed by atoms with Crippen LogP contribution in [0.15, 0.2) is 60.8 Å². The molecule has 6 nitrogen and oxygen atoms in total. The Bertz CT molecular complexity index is 1140. The molecule has 1 aromatic heterocycles. The largest absolute Gasteiger partial charge is 0.338 e. The van der Waals surface area contributed by atoms with E-state index in [1.165, 1.54) is 5.39 Å². The number of rotatable bonds is 4. The number of carbonyl (C=O) groups excluding carboxylic acids is 2. The Morgan fingerprint density at radius 3 is 2.81 bits per heavy atom. The van der Waals surface area contributed by atoms with Gasteiger partial charge in [-0.1, -0.05) is 42.5 Å². The fourth-order valence-electron chi connectivity index (χ4n) is 3.68. The Labute approximate surface area is 188 Å². The van der Waals surface area contributed by atoms with Gasteiger partial charge in [0.1, 0.15) is 5.82 Å². The van der Waals surface area contributed by atoms with Crippen LogP contribution in [0.4, 0.5) is 5.82 Å². The van der Waals surface area contributed by atoms with E-state index in [0.717, 1.165) is 22.1 Å². The smallest absolute Gasteiger partial charge is 0.246 e. The van der Waals surface area contributed by atoms with Gasteiger partial charge in [-0.3, -0.25) is 14.5 Å². The van der Waals surface area contributed by atoms with Crippen LogP contribution >= 0.6 is 12.4 Å². The second kappa shape index (κ2) is 9.73. The predicted octanol–water partition coefficient (Wildman–Crippen LogP) is 3.71. The summed E-state index contributed by atoms with van der Waals surface area (Å²) in [6, 6.07) is 16.3. The van der Waals surface area contributed by atoms with Gasteiger partial charge in [0, 0.05) is 38.0 Å². The standard InChI is InChI=1S/C24H24N4O2.ClH/c1-27-14-20-12-17(13-25-24(20)26-22(29)16-27)10-11-23(30)28(2)15-19-8-5-7-18-6-3-4-9-21(18)19;/h3-13H,14-16H2,1-2H3,(H,25,26,29);1H/b11-10+;. The lowest BCUT2D eigenvalue weighted by molar-refractivity contribution is -0.125. The van der Waals surface area contributed by atoms with Gasteiger partial charge in [-0.15, -0.1) is 12.4 Å². The van der Waals surface area contributed by atoms with Crippen LogP contribution in [0.2, 0.25) is 0 Å². The minimum atomic E-state index is -0.0803. The zero-order valence-electron chi connectivity index (χ0n) is 17.5. The lowest BCUT2D eigenvalue weighted by atomic mass is 10.0. The molecule has 0 radical (unpaired) electrons. The third kappa shape index (κ3) is 5.29. The number of aromatic nitrogens is 1. The first-order chi connectivity index (χ1) is 14.5. The molecule has 0 saturated carbocycles. The highest BCUT2D eigenvalue weighted by Gasteiger charge is 2.17. The molecule has 0 atom stereocenters. The number of hydrogen-bond acceptors (Lipinski definition) is 4. The summed E-state index contributed by atoms with van der Waals surface area (Å²) >= 11 is 0. The Morgan fingerprint density at radius 1 is 1.19 bits per heavy atom. The first-order valence-electron chi connectivity index (χ1n) is 9.87. The van der Waals surface area contributed by atoms with Crippen molar-refractivity contribution < 1.29 is 9.59 Å². The van der Waals surface area contributed by atoms with Crippen molar-refractivity contribution >= 4 is 46.9 Å². The number of pyridine rings is 1. The molecule has 1 aliphatic rings. The van der Waals surface area contributed by atoms with Gasteiger partial charge in [-0.2, -0.15) is 0 Å². The molecule has 31 heavy (non-hydrogen) atoms. The Balaban J connectivity index is 0.00000272. The van der Waals surface area contributed by atoms with Gasteiger partial charge >= 0.3 is 0 Å². The molecule has 1 N–H and O–H groups in total. The zero-order chi connectivity index (χ0) is 21.1. The van der Waals surface area contributed by atoms with Crippen LogP contribution in [0.1, 0.15) is 16.7 Å². The first kappa shape index (κ1) is 22.5. The van der Waals surface area contributed by atoms with Gasteiger partial charge in [0.05, 0.1) is 6.54 Å². The van der Waals surface area contributed by atoms with Crippen molar-refractivity contribution in [3.8, 4) is 0 Å². The van der Waals surface area contributed by atoms with Crippen molar-refractivity contribution in [3.63, 3.8) is 0 Å². The van der Waals surface area contributed by atoms with Crippen molar-refractivity contribution in [2.24, 2.45) is 0 Å². The summed E-state index contributed by atoms with van der Waals surface area (Å²) in [7, 11) is 3.69. The lowest BCUT2D eigenvalue weighted by Gasteiger charge is -2.17. The van der Waals surface area contributed by atoms with E-state index in [4.69, 9.17) is 0 Å². The Kier molecular flexibility index (Phi) is 7.05. The normalized spacial score (nSPS) is 13.9. The summed E-state index contributed by atoms with van der Waals surface area (Å²) in [4.78, 5) is 32.4. The number of benzene rings is 2. The van der Waals surface area contributed by atoms with Crippen molar-refractivity contribution in [2.45, 2.75) is 13.1 Å². The average Bonchev–Trinajstić information content (AvgIpc) is 2.88. The molecular weight excluding hydrogens is 412 g/mol.